The molecule has 0 spiro atoms. The molecule has 0 aliphatic carbocycles. The predicted octanol–water partition coefficient (Wildman–Crippen LogP) is 1.59. The molecule has 7 heteroatoms. The van der Waals surface area contributed by atoms with E-state index in [1.54, 1.807) is 7.11 Å². The fourth-order valence-electron chi connectivity index (χ4n) is 2.11. The average Bonchev–Trinajstić information content (AvgIpc) is 2.86. The standard InChI is InChI=1S/C12H13FN2O4/c1-19-9-4-5-14(7-9)12(16)10-6-8(13)2-3-11(10)15(17)18/h2-3,6,9H,4-5,7H2,1H3. The van der Waals surface area contributed by atoms with E-state index in [0.29, 0.717) is 19.5 Å². The Balaban J connectivity index is 2.28. The van der Waals surface area contributed by atoms with Crippen molar-refractivity contribution in [3.63, 3.8) is 0 Å². The maximum absolute atomic E-state index is 13.2. The summed E-state index contributed by atoms with van der Waals surface area (Å²) in [7, 11) is 1.54. The molecule has 1 fully saturated rings. The lowest BCUT2D eigenvalue weighted by Gasteiger charge is -2.16. The molecule has 0 radical (unpaired) electrons. The number of nitrogens with zero attached hydrogens (tertiary/aromatic N) is 2. The third-order valence-electron chi connectivity index (χ3n) is 3.15. The van der Waals surface area contributed by atoms with E-state index >= 15 is 0 Å². The number of benzene rings is 1. The first-order valence-corrected chi connectivity index (χ1v) is 5.79. The third kappa shape index (κ3) is 2.70. The van der Waals surface area contributed by atoms with Gasteiger partial charge in [-0.2, -0.15) is 0 Å². The minimum Gasteiger partial charge on any atom is -0.380 e. The minimum absolute atomic E-state index is 0.0726. The predicted molar refractivity (Wildman–Crippen MR) is 64.4 cm³/mol. The summed E-state index contributed by atoms with van der Waals surface area (Å²) in [5, 5.41) is 10.9. The largest absolute Gasteiger partial charge is 0.380 e. The second kappa shape index (κ2) is 5.31. The molecule has 6 nitrogen and oxygen atoms in total. The lowest BCUT2D eigenvalue weighted by atomic mass is 10.1. The van der Waals surface area contributed by atoms with Crippen LogP contribution in [0.25, 0.3) is 0 Å². The molecule has 1 saturated heterocycles. The van der Waals surface area contributed by atoms with Crippen LogP contribution in [0.5, 0.6) is 0 Å². The second-order valence-corrected chi connectivity index (χ2v) is 4.32. The van der Waals surface area contributed by atoms with Crippen LogP contribution in [0.3, 0.4) is 0 Å². The maximum Gasteiger partial charge on any atom is 0.282 e. The van der Waals surface area contributed by atoms with Crippen molar-refractivity contribution in [2.45, 2.75) is 12.5 Å². The molecule has 0 bridgehead atoms. The van der Waals surface area contributed by atoms with Crippen molar-refractivity contribution in [1.29, 1.82) is 0 Å². The molecule has 1 aliphatic rings. The van der Waals surface area contributed by atoms with Gasteiger partial charge in [0, 0.05) is 26.3 Å². The lowest BCUT2D eigenvalue weighted by Crippen LogP contribution is -2.30. The Labute approximate surface area is 108 Å². The smallest absolute Gasteiger partial charge is 0.282 e. The Morgan fingerprint density at radius 1 is 1.58 bits per heavy atom. The molecule has 1 amide bonds. The maximum atomic E-state index is 13.2. The first-order valence-electron chi connectivity index (χ1n) is 5.79. The molecule has 2 rings (SSSR count). The summed E-state index contributed by atoms with van der Waals surface area (Å²) in [6, 6.07) is 2.88. The molecule has 1 aliphatic heterocycles. The Hall–Kier alpha value is -2.02. The zero-order chi connectivity index (χ0) is 14.0. The molecule has 1 aromatic rings. The Bertz CT molecular complexity index is 520. The van der Waals surface area contributed by atoms with Crippen molar-refractivity contribution >= 4 is 11.6 Å². The van der Waals surface area contributed by atoms with Gasteiger partial charge in [-0.25, -0.2) is 4.39 Å². The van der Waals surface area contributed by atoms with Crippen LogP contribution in [-0.2, 0) is 4.74 Å². The van der Waals surface area contributed by atoms with Crippen LogP contribution in [0.15, 0.2) is 18.2 Å². The molecule has 102 valence electrons. The highest BCUT2D eigenvalue weighted by Crippen LogP contribution is 2.23. The monoisotopic (exact) mass is 268 g/mol. The van der Waals surface area contributed by atoms with E-state index in [2.05, 4.69) is 0 Å². The topological polar surface area (TPSA) is 72.7 Å². The summed E-state index contributed by atoms with van der Waals surface area (Å²) in [6.07, 6.45) is 0.599. The van der Waals surface area contributed by atoms with Crippen LogP contribution in [0, 0.1) is 15.9 Å². The number of carbonyl (C=O) groups is 1. The number of likely N-dealkylation sites (tertiary alicyclic amines) is 1. The highest BCUT2D eigenvalue weighted by molar-refractivity contribution is 5.98. The van der Waals surface area contributed by atoms with Gasteiger partial charge in [-0.3, -0.25) is 14.9 Å². The van der Waals surface area contributed by atoms with Crippen molar-refractivity contribution in [1.82, 2.24) is 4.90 Å². The first-order chi connectivity index (χ1) is 9.02. The molecular weight excluding hydrogens is 255 g/mol. The van der Waals surface area contributed by atoms with Gasteiger partial charge in [0.2, 0.25) is 0 Å². The fourth-order valence-corrected chi connectivity index (χ4v) is 2.11. The Morgan fingerprint density at radius 2 is 2.32 bits per heavy atom. The third-order valence-corrected chi connectivity index (χ3v) is 3.15. The van der Waals surface area contributed by atoms with E-state index in [0.717, 1.165) is 18.2 Å². The number of nitro groups is 1. The number of hydrogen-bond acceptors (Lipinski definition) is 4. The number of hydrogen-bond donors (Lipinski definition) is 0. The van der Waals surface area contributed by atoms with E-state index in [-0.39, 0.29) is 17.4 Å². The summed E-state index contributed by atoms with van der Waals surface area (Å²) < 4.78 is 18.3. The van der Waals surface area contributed by atoms with Crippen molar-refractivity contribution in [2.75, 3.05) is 20.2 Å². The van der Waals surface area contributed by atoms with Crippen molar-refractivity contribution in [2.24, 2.45) is 0 Å². The average molecular weight is 268 g/mol. The quantitative estimate of drug-likeness (QED) is 0.616. The summed E-state index contributed by atoms with van der Waals surface area (Å²) in [4.78, 5) is 23.8. The van der Waals surface area contributed by atoms with Crippen LogP contribution in [0.2, 0.25) is 0 Å². The van der Waals surface area contributed by atoms with Gasteiger partial charge >= 0.3 is 0 Å². The van der Waals surface area contributed by atoms with Gasteiger partial charge in [-0.1, -0.05) is 0 Å². The second-order valence-electron chi connectivity index (χ2n) is 4.32. The zero-order valence-electron chi connectivity index (χ0n) is 10.3. The number of amides is 1. The van der Waals surface area contributed by atoms with Crippen LogP contribution in [0.1, 0.15) is 16.8 Å². The molecule has 0 saturated carbocycles. The van der Waals surface area contributed by atoms with Crippen molar-refractivity contribution < 1.29 is 18.8 Å². The number of methoxy groups -OCH3 is 1. The molecule has 1 unspecified atom stereocenters. The number of rotatable bonds is 3. The molecule has 0 aromatic heterocycles. The van der Waals surface area contributed by atoms with Crippen molar-refractivity contribution in [3.8, 4) is 0 Å². The van der Waals surface area contributed by atoms with Crippen LogP contribution in [0.4, 0.5) is 10.1 Å². The number of carbonyl (C=O) groups excluding carboxylic acids is 1. The van der Waals surface area contributed by atoms with Crippen LogP contribution < -0.4 is 0 Å². The summed E-state index contributed by atoms with van der Waals surface area (Å²) in [5.74, 6) is -1.21. The molecule has 19 heavy (non-hydrogen) atoms. The van der Waals surface area contributed by atoms with E-state index in [9.17, 15) is 19.3 Å². The van der Waals surface area contributed by atoms with Crippen LogP contribution >= 0.6 is 0 Å². The van der Waals surface area contributed by atoms with Gasteiger partial charge in [0.15, 0.2) is 0 Å². The van der Waals surface area contributed by atoms with Gasteiger partial charge in [0.1, 0.15) is 11.4 Å². The molecular formula is C12H13FN2O4. The van der Waals surface area contributed by atoms with Crippen molar-refractivity contribution in [3.05, 3.63) is 39.7 Å². The van der Waals surface area contributed by atoms with E-state index < -0.39 is 16.6 Å². The van der Waals surface area contributed by atoms with Crippen LogP contribution in [-0.4, -0.2) is 42.0 Å². The summed E-state index contributed by atoms with van der Waals surface area (Å²) in [6.45, 7) is 0.814. The number of ether oxygens (including phenoxy) is 1. The Morgan fingerprint density at radius 3 is 2.89 bits per heavy atom. The highest BCUT2D eigenvalue weighted by atomic mass is 19.1. The van der Waals surface area contributed by atoms with Gasteiger partial charge in [-0.05, 0) is 18.6 Å². The summed E-state index contributed by atoms with van der Waals surface area (Å²) in [5.41, 5.74) is -0.603. The molecule has 0 N–H and O–H groups in total. The zero-order valence-corrected chi connectivity index (χ0v) is 10.3. The van der Waals surface area contributed by atoms with Gasteiger partial charge in [0.25, 0.3) is 11.6 Å². The van der Waals surface area contributed by atoms with Gasteiger partial charge in [0.05, 0.1) is 11.0 Å². The SMILES string of the molecule is COC1CCN(C(=O)c2cc(F)ccc2[N+](=O)[O-])C1. The lowest BCUT2D eigenvalue weighted by molar-refractivity contribution is -0.385. The number of nitro benzene ring substituents is 1. The normalized spacial score (nSPS) is 18.6. The molecule has 1 atom stereocenters. The van der Waals surface area contributed by atoms with E-state index in [1.807, 2.05) is 0 Å². The van der Waals surface area contributed by atoms with Gasteiger partial charge < -0.3 is 9.64 Å². The summed E-state index contributed by atoms with van der Waals surface area (Å²) >= 11 is 0. The fraction of sp³-hybridized carbons (Fsp3) is 0.417. The number of halogens is 1. The Kier molecular flexibility index (Phi) is 3.75. The molecule has 1 heterocycles. The highest BCUT2D eigenvalue weighted by Gasteiger charge is 2.30. The van der Waals surface area contributed by atoms with E-state index in [1.165, 1.54) is 4.90 Å². The van der Waals surface area contributed by atoms with E-state index in [4.69, 9.17) is 4.74 Å². The minimum atomic E-state index is -0.684. The van der Waals surface area contributed by atoms with Gasteiger partial charge in [-0.15, -0.1) is 0 Å². The molecule has 1 aromatic carbocycles. The first kappa shape index (κ1) is 13.4.